The van der Waals surface area contributed by atoms with E-state index >= 15 is 0 Å². The van der Waals surface area contributed by atoms with Gasteiger partial charge in [-0.05, 0) is 0 Å². The quantitative estimate of drug-likeness (QED) is 0.512. The van der Waals surface area contributed by atoms with Crippen LogP contribution in [0.5, 0.6) is 0 Å². The van der Waals surface area contributed by atoms with Crippen molar-refractivity contribution in [1.29, 1.82) is 0 Å². The zero-order chi connectivity index (χ0) is 9.80. The Kier molecular flexibility index (Phi) is 2.79. The minimum Gasteiger partial charge on any atom is -0.411 e. The van der Waals surface area contributed by atoms with Crippen molar-refractivity contribution in [3.63, 3.8) is 0 Å². The van der Waals surface area contributed by atoms with Crippen molar-refractivity contribution in [1.82, 2.24) is 0 Å². The molecule has 0 radical (unpaired) electrons. The van der Waals surface area contributed by atoms with Gasteiger partial charge in [0.1, 0.15) is 18.8 Å². The molecular weight excluding hydrogens is 176 g/mol. The van der Waals surface area contributed by atoms with Crippen LogP contribution in [0.1, 0.15) is 12.0 Å². The molecule has 74 valence electrons. The molecule has 0 amide bonds. The van der Waals surface area contributed by atoms with Gasteiger partial charge in [-0.2, -0.15) is 0 Å². The molecule has 2 N–H and O–H groups in total. The van der Waals surface area contributed by atoms with Gasteiger partial charge in [-0.1, -0.05) is 35.5 Å². The summed E-state index contributed by atoms with van der Waals surface area (Å²) in [5, 5.41) is 11.9. The lowest BCUT2D eigenvalue weighted by Gasteiger charge is -2.10. The summed E-state index contributed by atoms with van der Waals surface area (Å²) in [7, 11) is 0. The lowest BCUT2D eigenvalue weighted by atomic mass is 10.2. The minimum absolute atomic E-state index is 0.880. The maximum Gasteiger partial charge on any atom is 0.120 e. The van der Waals surface area contributed by atoms with Crippen LogP contribution < -0.4 is 4.90 Å². The topological polar surface area (TPSA) is 37.0 Å². The Morgan fingerprint density at radius 1 is 1.29 bits per heavy atom. The normalized spacial score (nSPS) is 24.3. The van der Waals surface area contributed by atoms with Crippen molar-refractivity contribution < 1.29 is 10.1 Å². The van der Waals surface area contributed by atoms with Crippen LogP contribution >= 0.6 is 0 Å². The molecule has 1 unspecified atom stereocenters. The Bertz CT molecular complexity index is 321. The number of quaternary nitrogens is 1. The van der Waals surface area contributed by atoms with Crippen LogP contribution in [-0.4, -0.2) is 24.0 Å². The third kappa shape index (κ3) is 2.12. The average molecular weight is 191 g/mol. The summed E-state index contributed by atoms with van der Waals surface area (Å²) in [6.45, 7) is 2.99. The third-order valence-electron chi connectivity index (χ3n) is 2.66. The highest BCUT2D eigenvalue weighted by atomic mass is 16.4. The fourth-order valence-corrected chi connectivity index (χ4v) is 1.91. The summed E-state index contributed by atoms with van der Waals surface area (Å²) >= 11 is 0. The second-order valence-corrected chi connectivity index (χ2v) is 3.76. The van der Waals surface area contributed by atoms with Gasteiger partial charge >= 0.3 is 0 Å². The molecular formula is C11H15N2O+. The second-order valence-electron chi connectivity index (χ2n) is 3.76. The van der Waals surface area contributed by atoms with Crippen molar-refractivity contribution in [2.45, 2.75) is 13.0 Å². The van der Waals surface area contributed by atoms with E-state index in [4.69, 9.17) is 5.21 Å². The van der Waals surface area contributed by atoms with Gasteiger partial charge in [-0.25, -0.2) is 0 Å². The van der Waals surface area contributed by atoms with Crippen LogP contribution in [0.4, 0.5) is 0 Å². The zero-order valence-corrected chi connectivity index (χ0v) is 8.11. The molecule has 3 nitrogen and oxygen atoms in total. The molecule has 3 heteroatoms. The molecule has 0 aromatic heterocycles. The van der Waals surface area contributed by atoms with Gasteiger partial charge in [-0.15, -0.1) is 0 Å². The predicted molar refractivity (Wildman–Crippen MR) is 54.7 cm³/mol. The van der Waals surface area contributed by atoms with Crippen LogP contribution in [0.3, 0.4) is 0 Å². The van der Waals surface area contributed by atoms with E-state index in [2.05, 4.69) is 29.4 Å². The van der Waals surface area contributed by atoms with E-state index in [1.165, 1.54) is 10.5 Å². The van der Waals surface area contributed by atoms with E-state index in [0.29, 0.717) is 0 Å². The molecule has 1 aliphatic heterocycles. The smallest absolute Gasteiger partial charge is 0.120 e. The van der Waals surface area contributed by atoms with Crippen LogP contribution in [0.15, 0.2) is 35.5 Å². The first kappa shape index (κ1) is 9.21. The number of rotatable bonds is 2. The average Bonchev–Trinajstić information content (AvgIpc) is 2.67. The first-order valence-electron chi connectivity index (χ1n) is 4.96. The van der Waals surface area contributed by atoms with Gasteiger partial charge in [0.2, 0.25) is 0 Å². The fourth-order valence-electron chi connectivity index (χ4n) is 1.91. The van der Waals surface area contributed by atoms with Gasteiger partial charge in [0.15, 0.2) is 0 Å². The molecule has 1 saturated heterocycles. The predicted octanol–water partition coefficient (Wildman–Crippen LogP) is 0.305. The Morgan fingerprint density at radius 2 is 2.07 bits per heavy atom. The summed E-state index contributed by atoms with van der Waals surface area (Å²) in [5.41, 5.74) is 2.28. The summed E-state index contributed by atoms with van der Waals surface area (Å²) in [4.78, 5) is 1.48. The molecule has 1 aromatic rings. The van der Waals surface area contributed by atoms with E-state index < -0.39 is 0 Å². The summed E-state index contributed by atoms with van der Waals surface area (Å²) in [5.74, 6) is 0. The van der Waals surface area contributed by atoms with Gasteiger partial charge < -0.3 is 10.1 Å². The van der Waals surface area contributed by atoms with Crippen LogP contribution in [-0.2, 0) is 6.54 Å². The SMILES string of the molecule is O/N=C1/CC[NH+](Cc2ccccc2)C1. The molecule has 1 atom stereocenters. The number of benzene rings is 1. The number of likely N-dealkylation sites (tertiary alicyclic amines) is 1. The number of hydrogen-bond acceptors (Lipinski definition) is 2. The van der Waals surface area contributed by atoms with Crippen LogP contribution in [0.2, 0.25) is 0 Å². The molecule has 14 heavy (non-hydrogen) atoms. The van der Waals surface area contributed by atoms with Crippen molar-refractivity contribution in [2.75, 3.05) is 13.1 Å². The number of oxime groups is 1. The standard InChI is InChI=1S/C11H14N2O/c14-12-11-6-7-13(9-11)8-10-4-2-1-3-5-10/h1-5,14H,6-9H2/p+1/b12-11-. The minimum atomic E-state index is 0.880. The first-order chi connectivity index (χ1) is 6.88. The molecule has 1 aliphatic rings. The second kappa shape index (κ2) is 4.24. The Morgan fingerprint density at radius 3 is 2.71 bits per heavy atom. The van der Waals surface area contributed by atoms with E-state index in [0.717, 1.165) is 31.8 Å². The van der Waals surface area contributed by atoms with E-state index in [1.807, 2.05) is 6.07 Å². The highest BCUT2D eigenvalue weighted by Crippen LogP contribution is 1.97. The number of nitrogens with one attached hydrogen (secondary N) is 1. The molecule has 0 bridgehead atoms. The first-order valence-corrected chi connectivity index (χ1v) is 4.96. The Labute approximate surface area is 83.7 Å². The molecule has 2 rings (SSSR count). The van der Waals surface area contributed by atoms with Crippen molar-refractivity contribution >= 4 is 5.71 Å². The third-order valence-corrected chi connectivity index (χ3v) is 2.66. The van der Waals surface area contributed by atoms with Crippen molar-refractivity contribution in [3.8, 4) is 0 Å². The molecule has 1 fully saturated rings. The lowest BCUT2D eigenvalue weighted by Crippen LogP contribution is -3.09. The van der Waals surface area contributed by atoms with E-state index in [-0.39, 0.29) is 0 Å². The highest BCUT2D eigenvalue weighted by molar-refractivity contribution is 5.85. The Balaban J connectivity index is 1.94. The van der Waals surface area contributed by atoms with Crippen LogP contribution in [0.25, 0.3) is 0 Å². The summed E-state index contributed by atoms with van der Waals surface area (Å²) in [6.07, 6.45) is 0.929. The lowest BCUT2D eigenvalue weighted by molar-refractivity contribution is -0.897. The summed E-state index contributed by atoms with van der Waals surface area (Å²) < 4.78 is 0. The molecule has 1 heterocycles. The highest BCUT2D eigenvalue weighted by Gasteiger charge is 2.21. The maximum atomic E-state index is 8.62. The number of nitrogens with zero attached hydrogens (tertiary/aromatic N) is 1. The number of hydrogen-bond donors (Lipinski definition) is 2. The van der Waals surface area contributed by atoms with Gasteiger partial charge in [0.05, 0.1) is 6.54 Å². The largest absolute Gasteiger partial charge is 0.411 e. The van der Waals surface area contributed by atoms with E-state index in [9.17, 15) is 0 Å². The Hall–Kier alpha value is -1.35. The zero-order valence-electron chi connectivity index (χ0n) is 8.11. The van der Waals surface area contributed by atoms with Gasteiger partial charge in [-0.3, -0.25) is 0 Å². The molecule has 0 spiro atoms. The molecule has 1 aromatic carbocycles. The van der Waals surface area contributed by atoms with Gasteiger partial charge in [0, 0.05) is 12.0 Å². The van der Waals surface area contributed by atoms with Crippen LogP contribution in [0, 0.1) is 0 Å². The molecule has 0 aliphatic carbocycles. The summed E-state index contributed by atoms with van der Waals surface area (Å²) in [6, 6.07) is 10.4. The van der Waals surface area contributed by atoms with Gasteiger partial charge in [0.25, 0.3) is 0 Å². The van der Waals surface area contributed by atoms with E-state index in [1.54, 1.807) is 0 Å². The van der Waals surface area contributed by atoms with Crippen molar-refractivity contribution in [2.24, 2.45) is 5.16 Å². The maximum absolute atomic E-state index is 8.62. The molecule has 0 saturated carbocycles. The van der Waals surface area contributed by atoms with Crippen molar-refractivity contribution in [3.05, 3.63) is 35.9 Å². The fraction of sp³-hybridized carbons (Fsp3) is 0.364. The monoisotopic (exact) mass is 191 g/mol.